The summed E-state index contributed by atoms with van der Waals surface area (Å²) in [4.78, 5) is 24.8. The maximum absolute atomic E-state index is 12.0. The van der Waals surface area contributed by atoms with Crippen LogP contribution in [0.15, 0.2) is 42.2 Å². The first-order chi connectivity index (χ1) is 9.22. The number of unbranched alkanes of at least 4 members (excludes halogenated alkanes) is 2. The van der Waals surface area contributed by atoms with E-state index in [9.17, 15) is 9.59 Å². The summed E-state index contributed by atoms with van der Waals surface area (Å²) in [6.45, 7) is 2.33. The van der Waals surface area contributed by atoms with Gasteiger partial charge in [-0.05, 0) is 24.5 Å². The van der Waals surface area contributed by atoms with Crippen molar-refractivity contribution in [3.63, 3.8) is 0 Å². The first kappa shape index (κ1) is 13.3. The fourth-order valence-electron chi connectivity index (χ4n) is 1.88. The van der Waals surface area contributed by atoms with Crippen molar-refractivity contribution in [2.24, 2.45) is 0 Å². The van der Waals surface area contributed by atoms with Crippen LogP contribution >= 0.6 is 0 Å². The summed E-state index contributed by atoms with van der Waals surface area (Å²) in [6.07, 6.45) is 3.89. The van der Waals surface area contributed by atoms with Crippen LogP contribution in [0.3, 0.4) is 0 Å². The monoisotopic (exact) mass is 259 g/mol. The van der Waals surface area contributed by atoms with Gasteiger partial charge in [0.05, 0.1) is 6.54 Å². The summed E-state index contributed by atoms with van der Waals surface area (Å²) in [6, 6.07) is 9.39. The number of cyclic esters (lactones) is 1. The number of carbonyl (C=O) groups excluding carboxylic acids is 2. The Labute approximate surface area is 112 Å². The molecule has 1 aliphatic heterocycles. The van der Waals surface area contributed by atoms with Gasteiger partial charge in [-0.2, -0.15) is 0 Å². The van der Waals surface area contributed by atoms with E-state index in [4.69, 9.17) is 4.74 Å². The minimum absolute atomic E-state index is 0.161. The topological polar surface area (TPSA) is 46.6 Å². The van der Waals surface area contributed by atoms with Gasteiger partial charge in [-0.1, -0.05) is 43.7 Å². The summed E-state index contributed by atoms with van der Waals surface area (Å²) in [5.41, 5.74) is 0.905. The standard InChI is InChI=1S/C15H17NO3/c1-2-3-5-10-13-14(17)16(15(18)19-13)11-12-8-6-4-7-9-12/h4,6-10H,2-3,5,11H2,1H3/b13-10+. The molecule has 19 heavy (non-hydrogen) atoms. The van der Waals surface area contributed by atoms with Crippen molar-refractivity contribution in [3.05, 3.63) is 47.7 Å². The fraction of sp³-hybridized carbons (Fsp3) is 0.333. The van der Waals surface area contributed by atoms with Crippen molar-refractivity contribution in [3.8, 4) is 0 Å². The van der Waals surface area contributed by atoms with E-state index in [-0.39, 0.29) is 18.2 Å². The summed E-state index contributed by atoms with van der Waals surface area (Å²) in [5.74, 6) is -0.181. The molecule has 4 nitrogen and oxygen atoms in total. The van der Waals surface area contributed by atoms with E-state index in [2.05, 4.69) is 6.92 Å². The van der Waals surface area contributed by atoms with Crippen LogP contribution in [0, 0.1) is 0 Å². The highest BCUT2D eigenvalue weighted by Gasteiger charge is 2.35. The third kappa shape index (κ3) is 3.22. The van der Waals surface area contributed by atoms with Crippen LogP contribution in [0.5, 0.6) is 0 Å². The lowest BCUT2D eigenvalue weighted by Gasteiger charge is -2.09. The Morgan fingerprint density at radius 1 is 1.21 bits per heavy atom. The molecule has 1 aromatic carbocycles. The van der Waals surface area contributed by atoms with Crippen molar-refractivity contribution in [2.45, 2.75) is 32.7 Å². The molecule has 0 aromatic heterocycles. The minimum Gasteiger partial charge on any atom is -0.404 e. The van der Waals surface area contributed by atoms with E-state index in [1.54, 1.807) is 6.08 Å². The van der Waals surface area contributed by atoms with Gasteiger partial charge >= 0.3 is 6.09 Å². The Bertz CT molecular complexity index is 493. The molecule has 2 rings (SSSR count). The number of amides is 2. The number of rotatable bonds is 5. The van der Waals surface area contributed by atoms with E-state index in [1.807, 2.05) is 30.3 Å². The van der Waals surface area contributed by atoms with Crippen LogP contribution in [0.25, 0.3) is 0 Å². The van der Waals surface area contributed by atoms with Crippen LogP contribution in [0.4, 0.5) is 4.79 Å². The first-order valence-corrected chi connectivity index (χ1v) is 6.50. The Kier molecular flexibility index (Phi) is 4.34. The van der Waals surface area contributed by atoms with E-state index >= 15 is 0 Å². The van der Waals surface area contributed by atoms with Gasteiger partial charge in [0.15, 0.2) is 5.76 Å². The van der Waals surface area contributed by atoms with Gasteiger partial charge in [0.2, 0.25) is 0 Å². The highest BCUT2D eigenvalue weighted by Crippen LogP contribution is 2.20. The van der Waals surface area contributed by atoms with Crippen molar-refractivity contribution in [1.29, 1.82) is 0 Å². The van der Waals surface area contributed by atoms with Crippen LogP contribution in [0.2, 0.25) is 0 Å². The zero-order valence-corrected chi connectivity index (χ0v) is 11.0. The van der Waals surface area contributed by atoms with Crippen molar-refractivity contribution in [1.82, 2.24) is 4.90 Å². The summed E-state index contributed by atoms with van der Waals surface area (Å²) in [5, 5.41) is 0. The lowest BCUT2D eigenvalue weighted by Crippen LogP contribution is -2.28. The molecule has 0 N–H and O–H groups in total. The third-order valence-corrected chi connectivity index (χ3v) is 2.94. The highest BCUT2D eigenvalue weighted by molar-refractivity contribution is 6.07. The number of ether oxygens (including phenoxy) is 1. The number of hydrogen-bond donors (Lipinski definition) is 0. The number of carbonyl (C=O) groups is 2. The lowest BCUT2D eigenvalue weighted by molar-refractivity contribution is -0.123. The molecule has 100 valence electrons. The van der Waals surface area contributed by atoms with E-state index in [1.165, 1.54) is 0 Å². The smallest absolute Gasteiger partial charge is 0.404 e. The normalized spacial score (nSPS) is 17.1. The molecular formula is C15H17NO3. The number of allylic oxidation sites excluding steroid dienone is 1. The molecule has 0 unspecified atom stereocenters. The Morgan fingerprint density at radius 2 is 1.95 bits per heavy atom. The number of imide groups is 1. The molecule has 4 heteroatoms. The molecule has 1 fully saturated rings. The highest BCUT2D eigenvalue weighted by atomic mass is 16.6. The van der Waals surface area contributed by atoms with Crippen molar-refractivity contribution < 1.29 is 14.3 Å². The molecule has 0 atom stereocenters. The molecule has 2 amide bonds. The largest absolute Gasteiger partial charge is 0.422 e. The van der Waals surface area contributed by atoms with E-state index < -0.39 is 6.09 Å². The molecule has 0 spiro atoms. The second kappa shape index (κ2) is 6.18. The summed E-state index contributed by atoms with van der Waals surface area (Å²) in [7, 11) is 0. The maximum atomic E-state index is 12.0. The molecule has 0 radical (unpaired) electrons. The SMILES string of the molecule is CCCC/C=C1/OC(=O)N(Cc2ccccc2)C1=O. The lowest BCUT2D eigenvalue weighted by atomic mass is 10.2. The number of hydrogen-bond acceptors (Lipinski definition) is 3. The van der Waals surface area contributed by atoms with Crippen LogP contribution in [0.1, 0.15) is 31.7 Å². The summed E-state index contributed by atoms with van der Waals surface area (Å²) < 4.78 is 5.00. The quantitative estimate of drug-likeness (QED) is 0.602. The molecule has 1 aromatic rings. The zero-order chi connectivity index (χ0) is 13.7. The molecular weight excluding hydrogens is 242 g/mol. The van der Waals surface area contributed by atoms with E-state index in [0.29, 0.717) is 0 Å². The molecule has 0 bridgehead atoms. The average molecular weight is 259 g/mol. The molecule has 1 saturated heterocycles. The molecule has 0 aliphatic carbocycles. The molecule has 1 aliphatic rings. The summed E-state index contributed by atoms with van der Waals surface area (Å²) >= 11 is 0. The second-order valence-electron chi connectivity index (χ2n) is 4.46. The molecule has 0 saturated carbocycles. The van der Waals surface area contributed by atoms with Crippen molar-refractivity contribution in [2.75, 3.05) is 0 Å². The van der Waals surface area contributed by atoms with Crippen LogP contribution in [-0.2, 0) is 16.1 Å². The van der Waals surface area contributed by atoms with Crippen LogP contribution < -0.4 is 0 Å². The predicted molar refractivity (Wildman–Crippen MR) is 71.1 cm³/mol. The number of nitrogens with zero attached hydrogens (tertiary/aromatic N) is 1. The van der Waals surface area contributed by atoms with E-state index in [0.717, 1.165) is 29.7 Å². The predicted octanol–water partition coefficient (Wildman–Crippen LogP) is 3.24. The fourth-order valence-corrected chi connectivity index (χ4v) is 1.88. The van der Waals surface area contributed by atoms with Gasteiger partial charge in [0.1, 0.15) is 0 Å². The Morgan fingerprint density at radius 3 is 2.63 bits per heavy atom. The second-order valence-corrected chi connectivity index (χ2v) is 4.46. The minimum atomic E-state index is -0.586. The maximum Gasteiger partial charge on any atom is 0.422 e. The molecule has 1 heterocycles. The van der Waals surface area contributed by atoms with Gasteiger partial charge in [-0.25, -0.2) is 9.69 Å². The first-order valence-electron chi connectivity index (χ1n) is 6.50. The van der Waals surface area contributed by atoms with Gasteiger partial charge in [0, 0.05) is 0 Å². The Hall–Kier alpha value is -2.10. The Balaban J connectivity index is 2.04. The van der Waals surface area contributed by atoms with Gasteiger partial charge < -0.3 is 4.74 Å². The van der Waals surface area contributed by atoms with Crippen LogP contribution in [-0.4, -0.2) is 16.9 Å². The average Bonchev–Trinajstić information content (AvgIpc) is 2.68. The van der Waals surface area contributed by atoms with Gasteiger partial charge in [-0.15, -0.1) is 0 Å². The van der Waals surface area contributed by atoms with Gasteiger partial charge in [-0.3, -0.25) is 4.79 Å². The zero-order valence-electron chi connectivity index (χ0n) is 11.0. The number of benzene rings is 1. The third-order valence-electron chi connectivity index (χ3n) is 2.94. The van der Waals surface area contributed by atoms with Gasteiger partial charge in [0.25, 0.3) is 5.91 Å². The van der Waals surface area contributed by atoms with Crippen molar-refractivity contribution >= 4 is 12.0 Å².